The highest BCUT2D eigenvalue weighted by Gasteiger charge is 2.20. The zero-order valence-corrected chi connectivity index (χ0v) is 10.0. The third kappa shape index (κ3) is 4.07. The number of nitrogens with zero attached hydrogens (tertiary/aromatic N) is 2. The molecule has 2 atom stereocenters. The molecule has 0 radical (unpaired) electrons. The lowest BCUT2D eigenvalue weighted by atomic mass is 10.2. The van der Waals surface area contributed by atoms with Crippen LogP contribution in [-0.2, 0) is 0 Å². The molecule has 2 unspecified atom stereocenters. The molecule has 0 fully saturated rings. The van der Waals surface area contributed by atoms with Crippen LogP contribution in [0.3, 0.4) is 0 Å². The number of nitrogens with two attached hydrogens (primary N) is 1. The van der Waals surface area contributed by atoms with Gasteiger partial charge in [0.05, 0.1) is 6.04 Å². The number of amidine groups is 1. The average Bonchev–Trinajstić information content (AvgIpc) is 2.03. The Bertz CT molecular complexity index is 179. The number of hydrogen-bond acceptors (Lipinski definition) is 3. The van der Waals surface area contributed by atoms with E-state index in [4.69, 9.17) is 11.1 Å². The van der Waals surface area contributed by atoms with Gasteiger partial charge in [-0.1, -0.05) is 6.92 Å². The molecule has 0 aliphatic rings. The molecule has 4 heteroatoms. The van der Waals surface area contributed by atoms with E-state index in [0.717, 1.165) is 13.1 Å². The highest BCUT2D eigenvalue weighted by atomic mass is 15.2. The second-order valence-corrected chi connectivity index (χ2v) is 4.07. The maximum absolute atomic E-state index is 7.43. The number of likely N-dealkylation sites (N-methyl/N-ethyl adjacent to an activating group) is 2. The zero-order valence-electron chi connectivity index (χ0n) is 10.0. The minimum absolute atomic E-state index is 0.0370. The van der Waals surface area contributed by atoms with Crippen LogP contribution in [0.2, 0.25) is 0 Å². The lowest BCUT2D eigenvalue weighted by Crippen LogP contribution is -2.49. The Morgan fingerprint density at radius 1 is 1.36 bits per heavy atom. The third-order valence-corrected chi connectivity index (χ3v) is 2.51. The Balaban J connectivity index is 4.31. The van der Waals surface area contributed by atoms with Crippen LogP contribution in [0.15, 0.2) is 0 Å². The fourth-order valence-corrected chi connectivity index (χ4v) is 1.78. The predicted molar refractivity (Wildman–Crippen MR) is 61.8 cm³/mol. The highest BCUT2D eigenvalue weighted by Crippen LogP contribution is 2.05. The Kier molecular flexibility index (Phi) is 5.72. The first-order chi connectivity index (χ1) is 6.40. The standard InChI is InChI=1S/C10H24N4/c1-6-14(9(3)10(11)12)8(2)7-13(4)5/h8-9H,6-7H2,1-5H3,(H3,11,12). The van der Waals surface area contributed by atoms with Crippen molar-refractivity contribution < 1.29 is 0 Å². The molecule has 0 aromatic heterocycles. The Morgan fingerprint density at radius 2 is 1.86 bits per heavy atom. The van der Waals surface area contributed by atoms with Crippen molar-refractivity contribution in [1.82, 2.24) is 9.80 Å². The van der Waals surface area contributed by atoms with Gasteiger partial charge in [-0.3, -0.25) is 10.3 Å². The SMILES string of the molecule is CCN(C(C)CN(C)C)C(C)C(=N)N. The van der Waals surface area contributed by atoms with Gasteiger partial charge in [0.1, 0.15) is 5.84 Å². The van der Waals surface area contributed by atoms with Gasteiger partial charge >= 0.3 is 0 Å². The second kappa shape index (κ2) is 5.98. The van der Waals surface area contributed by atoms with Gasteiger partial charge in [0.2, 0.25) is 0 Å². The number of hydrogen-bond donors (Lipinski definition) is 2. The summed E-state index contributed by atoms with van der Waals surface area (Å²) in [5, 5.41) is 7.43. The molecular formula is C10H24N4. The van der Waals surface area contributed by atoms with Crippen molar-refractivity contribution in [2.75, 3.05) is 27.2 Å². The molecule has 0 rings (SSSR count). The molecule has 0 amide bonds. The van der Waals surface area contributed by atoms with Gasteiger partial charge in [-0.05, 0) is 34.5 Å². The summed E-state index contributed by atoms with van der Waals surface area (Å²) < 4.78 is 0. The molecule has 3 N–H and O–H groups in total. The van der Waals surface area contributed by atoms with Crippen molar-refractivity contribution in [2.45, 2.75) is 32.9 Å². The fourth-order valence-electron chi connectivity index (χ4n) is 1.78. The summed E-state index contributed by atoms with van der Waals surface area (Å²) in [5.41, 5.74) is 5.51. The molecule has 0 aromatic carbocycles. The summed E-state index contributed by atoms with van der Waals surface area (Å²) in [7, 11) is 4.12. The van der Waals surface area contributed by atoms with Crippen LogP contribution in [0, 0.1) is 5.41 Å². The predicted octanol–water partition coefficient (Wildman–Crippen LogP) is 0.583. The third-order valence-electron chi connectivity index (χ3n) is 2.51. The fraction of sp³-hybridized carbons (Fsp3) is 0.900. The summed E-state index contributed by atoms with van der Waals surface area (Å²) in [6, 6.07) is 0.462. The molecule has 0 aromatic rings. The van der Waals surface area contributed by atoms with Crippen LogP contribution >= 0.6 is 0 Å². The molecule has 0 saturated carbocycles. The monoisotopic (exact) mass is 200 g/mol. The molecule has 0 aliphatic heterocycles. The van der Waals surface area contributed by atoms with Gasteiger partial charge < -0.3 is 10.6 Å². The summed E-state index contributed by atoms with van der Waals surface area (Å²) >= 11 is 0. The van der Waals surface area contributed by atoms with Crippen molar-refractivity contribution in [3.63, 3.8) is 0 Å². The Hall–Kier alpha value is -0.610. The van der Waals surface area contributed by atoms with Crippen LogP contribution in [0.1, 0.15) is 20.8 Å². The van der Waals surface area contributed by atoms with Gasteiger partial charge in [-0.15, -0.1) is 0 Å². The topological polar surface area (TPSA) is 56.4 Å². The van der Waals surface area contributed by atoms with Crippen molar-refractivity contribution in [3.05, 3.63) is 0 Å². The maximum Gasteiger partial charge on any atom is 0.108 e. The van der Waals surface area contributed by atoms with E-state index in [-0.39, 0.29) is 11.9 Å². The summed E-state index contributed by atoms with van der Waals surface area (Å²) in [5.74, 6) is 0.248. The summed E-state index contributed by atoms with van der Waals surface area (Å²) in [6.45, 7) is 8.17. The van der Waals surface area contributed by atoms with Crippen molar-refractivity contribution in [2.24, 2.45) is 5.73 Å². The highest BCUT2D eigenvalue weighted by molar-refractivity contribution is 5.82. The molecular weight excluding hydrogens is 176 g/mol. The molecule has 84 valence electrons. The normalized spacial score (nSPS) is 15.9. The smallest absolute Gasteiger partial charge is 0.108 e. The molecule has 0 spiro atoms. The first kappa shape index (κ1) is 13.4. The first-order valence-electron chi connectivity index (χ1n) is 5.14. The molecule has 0 aliphatic carbocycles. The lowest BCUT2D eigenvalue weighted by molar-refractivity contribution is 0.166. The molecule has 0 saturated heterocycles. The van der Waals surface area contributed by atoms with Crippen LogP contribution in [-0.4, -0.2) is 54.9 Å². The second-order valence-electron chi connectivity index (χ2n) is 4.07. The van der Waals surface area contributed by atoms with Crippen molar-refractivity contribution in [1.29, 1.82) is 5.41 Å². The number of rotatable bonds is 6. The van der Waals surface area contributed by atoms with E-state index in [1.54, 1.807) is 0 Å². The minimum atomic E-state index is 0.0370. The first-order valence-corrected chi connectivity index (χ1v) is 5.14. The molecule has 0 bridgehead atoms. The van der Waals surface area contributed by atoms with Gasteiger partial charge in [0, 0.05) is 12.6 Å². The maximum atomic E-state index is 7.43. The summed E-state index contributed by atoms with van der Waals surface area (Å²) in [6.07, 6.45) is 0. The van der Waals surface area contributed by atoms with E-state index in [9.17, 15) is 0 Å². The van der Waals surface area contributed by atoms with E-state index in [0.29, 0.717) is 6.04 Å². The van der Waals surface area contributed by atoms with Gasteiger partial charge in [0.15, 0.2) is 0 Å². The lowest BCUT2D eigenvalue weighted by Gasteiger charge is -2.34. The Morgan fingerprint density at radius 3 is 2.14 bits per heavy atom. The molecule has 14 heavy (non-hydrogen) atoms. The van der Waals surface area contributed by atoms with Crippen LogP contribution < -0.4 is 5.73 Å². The van der Waals surface area contributed by atoms with Crippen molar-refractivity contribution >= 4 is 5.84 Å². The van der Waals surface area contributed by atoms with Crippen LogP contribution in [0.4, 0.5) is 0 Å². The summed E-state index contributed by atoms with van der Waals surface area (Å²) in [4.78, 5) is 4.39. The van der Waals surface area contributed by atoms with E-state index in [1.807, 2.05) is 6.92 Å². The van der Waals surface area contributed by atoms with E-state index >= 15 is 0 Å². The minimum Gasteiger partial charge on any atom is -0.386 e. The van der Waals surface area contributed by atoms with E-state index < -0.39 is 0 Å². The molecule has 0 heterocycles. The van der Waals surface area contributed by atoms with Crippen molar-refractivity contribution in [3.8, 4) is 0 Å². The largest absolute Gasteiger partial charge is 0.386 e. The van der Waals surface area contributed by atoms with E-state index in [1.165, 1.54) is 0 Å². The van der Waals surface area contributed by atoms with Crippen LogP contribution in [0.5, 0.6) is 0 Å². The average molecular weight is 200 g/mol. The van der Waals surface area contributed by atoms with Gasteiger partial charge in [-0.25, -0.2) is 0 Å². The van der Waals surface area contributed by atoms with E-state index in [2.05, 4.69) is 37.7 Å². The van der Waals surface area contributed by atoms with Crippen LogP contribution in [0.25, 0.3) is 0 Å². The molecule has 4 nitrogen and oxygen atoms in total. The quantitative estimate of drug-likeness (QED) is 0.487. The Labute approximate surface area is 87.6 Å². The van der Waals surface area contributed by atoms with Gasteiger partial charge in [0.25, 0.3) is 0 Å². The number of nitrogens with one attached hydrogen (secondary N) is 1. The van der Waals surface area contributed by atoms with Gasteiger partial charge in [-0.2, -0.15) is 0 Å². The zero-order chi connectivity index (χ0) is 11.3.